The summed E-state index contributed by atoms with van der Waals surface area (Å²) in [5, 5.41) is 0.952. The van der Waals surface area contributed by atoms with E-state index in [0.717, 1.165) is 72.0 Å². The van der Waals surface area contributed by atoms with Crippen molar-refractivity contribution in [3.63, 3.8) is 0 Å². The van der Waals surface area contributed by atoms with Crippen molar-refractivity contribution in [1.82, 2.24) is 14.9 Å². The molecule has 0 unspecified atom stereocenters. The minimum atomic E-state index is 0.205. The van der Waals surface area contributed by atoms with Crippen molar-refractivity contribution in [2.24, 2.45) is 0 Å². The summed E-state index contributed by atoms with van der Waals surface area (Å²) in [6, 6.07) is 14.2. The van der Waals surface area contributed by atoms with Gasteiger partial charge in [-0.15, -0.1) is 0 Å². The van der Waals surface area contributed by atoms with Gasteiger partial charge in [0, 0.05) is 38.2 Å². The van der Waals surface area contributed by atoms with Crippen LogP contribution in [0.25, 0.3) is 10.9 Å². The van der Waals surface area contributed by atoms with Gasteiger partial charge in [0.05, 0.1) is 10.9 Å². The molecular weight excluding hydrogens is 436 g/mol. The van der Waals surface area contributed by atoms with E-state index < -0.39 is 0 Å². The molecule has 1 saturated heterocycles. The maximum absolute atomic E-state index is 6.52. The van der Waals surface area contributed by atoms with Crippen molar-refractivity contribution in [1.29, 1.82) is 0 Å². The van der Waals surface area contributed by atoms with Gasteiger partial charge in [-0.05, 0) is 68.8 Å². The Hall–Kier alpha value is -3.38. The number of likely N-dealkylation sites (tertiary alicyclic amines) is 1. The summed E-state index contributed by atoms with van der Waals surface area (Å²) in [6.45, 7) is 5.48. The molecular formula is C29H30N4O2. The number of hydrogen-bond acceptors (Lipinski definition) is 6. The number of aromatic nitrogens is 2. The molecule has 0 atom stereocenters. The van der Waals surface area contributed by atoms with Crippen LogP contribution in [0.1, 0.15) is 19.8 Å². The van der Waals surface area contributed by atoms with E-state index in [9.17, 15) is 0 Å². The molecule has 5 rings (SSSR count). The lowest BCUT2D eigenvalue weighted by atomic mass is 10.1. The highest BCUT2D eigenvalue weighted by Gasteiger charge is 2.22. The highest BCUT2D eigenvalue weighted by molar-refractivity contribution is 5.96. The molecule has 4 radical (unpaired) electrons. The first-order valence-corrected chi connectivity index (χ1v) is 12.2. The largest absolute Gasteiger partial charge is 0.489 e. The first-order chi connectivity index (χ1) is 17.2. The normalized spacial score (nSPS) is 16.8. The summed E-state index contributed by atoms with van der Waals surface area (Å²) >= 11 is 0. The number of benzene rings is 2. The smallest absolute Gasteiger partial charge is 0.148 e. The summed E-state index contributed by atoms with van der Waals surface area (Å²) in [6.07, 6.45) is 15.5. The number of nitrogens with zero attached hydrogens (tertiary/aromatic N) is 4. The number of anilines is 2. The third-order valence-electron chi connectivity index (χ3n) is 6.41. The molecule has 1 aromatic heterocycles. The molecule has 2 heterocycles. The van der Waals surface area contributed by atoms with Crippen LogP contribution in [-0.2, 0) is 0 Å². The first kappa shape index (κ1) is 23.4. The van der Waals surface area contributed by atoms with Gasteiger partial charge in [-0.2, -0.15) is 0 Å². The summed E-state index contributed by atoms with van der Waals surface area (Å²) in [7, 11) is 2.16. The van der Waals surface area contributed by atoms with Crippen LogP contribution < -0.4 is 14.4 Å². The Morgan fingerprint density at radius 2 is 1.89 bits per heavy atom. The molecule has 1 aliphatic carbocycles. The number of hydrogen-bond donors (Lipinski definition) is 0. The molecule has 0 saturated carbocycles. The average Bonchev–Trinajstić information content (AvgIpc) is 2.91. The van der Waals surface area contributed by atoms with E-state index in [1.807, 2.05) is 48.6 Å². The second-order valence-corrected chi connectivity index (χ2v) is 8.84. The van der Waals surface area contributed by atoms with E-state index in [1.165, 1.54) is 0 Å². The quantitative estimate of drug-likeness (QED) is 0.449. The Morgan fingerprint density at radius 3 is 2.63 bits per heavy atom. The Labute approximate surface area is 207 Å². The van der Waals surface area contributed by atoms with Crippen LogP contribution in [0, 0.1) is 12.8 Å². The van der Waals surface area contributed by atoms with Gasteiger partial charge < -0.3 is 19.3 Å². The molecule has 6 nitrogen and oxygen atoms in total. The van der Waals surface area contributed by atoms with Gasteiger partial charge in [0.2, 0.25) is 0 Å². The standard InChI is InChI=1S/C29H30N4O2/c1-3-33(23-12-14-24(15-13-23)34-20-22-8-5-4-6-9-22)29-28-26(30-21-31-29)10-7-11-27(28)35-25-16-18-32(2)19-17-25/h5,7-15,21,25H,3,16-20H2,1-2H3. The van der Waals surface area contributed by atoms with E-state index >= 15 is 0 Å². The minimum absolute atomic E-state index is 0.205. The SMILES string of the molecule is CCN(c1ccc(OCC2=C[C][C]C=C2)cc1)c1ncnc2cccc(OC3CCN(C)CC3)c12. The molecule has 0 bridgehead atoms. The Bertz CT molecular complexity index is 1190. The molecule has 3 aromatic rings. The zero-order valence-corrected chi connectivity index (χ0v) is 20.3. The number of rotatable bonds is 8. The van der Waals surface area contributed by atoms with E-state index in [0.29, 0.717) is 6.61 Å². The first-order valence-electron chi connectivity index (χ1n) is 12.2. The van der Waals surface area contributed by atoms with E-state index in [2.05, 4.69) is 53.7 Å². The fourth-order valence-corrected chi connectivity index (χ4v) is 4.46. The fraction of sp³-hybridized carbons (Fsp3) is 0.310. The van der Waals surface area contributed by atoms with Crippen LogP contribution in [-0.4, -0.2) is 54.3 Å². The van der Waals surface area contributed by atoms with Crippen molar-refractivity contribution >= 4 is 22.4 Å². The van der Waals surface area contributed by atoms with E-state index in [4.69, 9.17) is 14.5 Å². The van der Waals surface area contributed by atoms with Gasteiger partial charge in [0.15, 0.2) is 0 Å². The summed E-state index contributed by atoms with van der Waals surface area (Å²) in [5.74, 6) is 2.52. The predicted octanol–water partition coefficient (Wildman–Crippen LogP) is 5.30. The van der Waals surface area contributed by atoms with Crippen LogP contribution in [0.4, 0.5) is 11.5 Å². The topological polar surface area (TPSA) is 50.7 Å². The summed E-state index contributed by atoms with van der Waals surface area (Å²) < 4.78 is 12.5. The highest BCUT2D eigenvalue weighted by Crippen LogP contribution is 2.36. The second kappa shape index (κ2) is 10.9. The molecule has 35 heavy (non-hydrogen) atoms. The van der Waals surface area contributed by atoms with Gasteiger partial charge in [0.1, 0.15) is 36.4 Å². The maximum Gasteiger partial charge on any atom is 0.148 e. The van der Waals surface area contributed by atoms with Crippen molar-refractivity contribution in [2.75, 3.05) is 38.2 Å². The molecule has 2 aromatic carbocycles. The molecule has 2 aliphatic rings. The molecule has 0 spiro atoms. The lowest BCUT2D eigenvalue weighted by Crippen LogP contribution is -2.35. The van der Waals surface area contributed by atoms with Gasteiger partial charge in [-0.1, -0.05) is 24.3 Å². The van der Waals surface area contributed by atoms with Crippen LogP contribution in [0.3, 0.4) is 0 Å². The van der Waals surface area contributed by atoms with Crippen molar-refractivity contribution in [3.05, 3.63) is 85.4 Å². The van der Waals surface area contributed by atoms with E-state index in [-0.39, 0.29) is 6.10 Å². The zero-order valence-electron chi connectivity index (χ0n) is 20.3. The molecule has 0 N–H and O–H groups in total. The zero-order chi connectivity index (χ0) is 24.0. The van der Waals surface area contributed by atoms with Crippen LogP contribution in [0.2, 0.25) is 0 Å². The summed E-state index contributed by atoms with van der Waals surface area (Å²) in [4.78, 5) is 13.8. The molecule has 6 heteroatoms. The summed E-state index contributed by atoms with van der Waals surface area (Å²) in [5.41, 5.74) is 2.99. The Kier molecular flexibility index (Phi) is 7.28. The molecule has 1 fully saturated rings. The lowest BCUT2D eigenvalue weighted by Gasteiger charge is -2.30. The van der Waals surface area contributed by atoms with Gasteiger partial charge in [-0.3, -0.25) is 0 Å². The third kappa shape index (κ3) is 5.49. The van der Waals surface area contributed by atoms with Gasteiger partial charge >= 0.3 is 0 Å². The van der Waals surface area contributed by atoms with Gasteiger partial charge in [-0.25, -0.2) is 9.97 Å². The fourth-order valence-electron chi connectivity index (χ4n) is 4.46. The maximum atomic E-state index is 6.52. The number of piperidine rings is 1. The molecule has 0 amide bonds. The van der Waals surface area contributed by atoms with E-state index in [1.54, 1.807) is 6.33 Å². The Morgan fingerprint density at radius 1 is 1.06 bits per heavy atom. The molecule has 1 aliphatic heterocycles. The van der Waals surface area contributed by atoms with Crippen LogP contribution in [0.5, 0.6) is 11.5 Å². The average molecular weight is 467 g/mol. The monoisotopic (exact) mass is 466 g/mol. The Balaban J connectivity index is 1.39. The highest BCUT2D eigenvalue weighted by atomic mass is 16.5. The van der Waals surface area contributed by atoms with Crippen molar-refractivity contribution in [3.8, 4) is 11.5 Å². The third-order valence-corrected chi connectivity index (χ3v) is 6.41. The predicted molar refractivity (Wildman–Crippen MR) is 139 cm³/mol. The lowest BCUT2D eigenvalue weighted by molar-refractivity contribution is 0.116. The second-order valence-electron chi connectivity index (χ2n) is 8.84. The number of fused-ring (bicyclic) bond motifs is 1. The number of allylic oxidation sites excluding steroid dienone is 2. The number of ether oxygens (including phenoxy) is 2. The van der Waals surface area contributed by atoms with Crippen molar-refractivity contribution in [2.45, 2.75) is 25.9 Å². The van der Waals surface area contributed by atoms with Crippen LogP contribution in [0.15, 0.2) is 72.6 Å². The minimum Gasteiger partial charge on any atom is -0.489 e. The van der Waals surface area contributed by atoms with Gasteiger partial charge in [0.25, 0.3) is 0 Å². The van der Waals surface area contributed by atoms with Crippen LogP contribution >= 0.6 is 0 Å². The molecule has 178 valence electrons. The van der Waals surface area contributed by atoms with Crippen molar-refractivity contribution < 1.29 is 9.47 Å².